The summed E-state index contributed by atoms with van der Waals surface area (Å²) in [4.78, 5) is 35.6. The smallest absolute Gasteiger partial charge is 0.462 e. The van der Waals surface area contributed by atoms with E-state index >= 15 is 0 Å². The fraction of sp³-hybridized carbons (Fsp3) is 0.857. The van der Waals surface area contributed by atoms with Gasteiger partial charge in [0.15, 0.2) is 6.10 Å². The monoisotopic (exact) mass is 821 g/mol. The topological polar surface area (TPSA) is 210 Å². The Hall–Kier alpha value is -1.67. The van der Waals surface area contributed by atoms with Crippen LogP contribution < -0.4 is 0 Å². The minimum atomic E-state index is -5.11. The summed E-state index contributed by atoms with van der Waals surface area (Å²) in [5.74, 6) is -1.11. The van der Waals surface area contributed by atoms with Crippen molar-refractivity contribution in [3.8, 4) is 0 Å². The maximum absolute atomic E-state index is 12.8. The summed E-state index contributed by atoms with van der Waals surface area (Å²) >= 11 is 0. The third-order valence-corrected chi connectivity index (χ3v) is 11.0. The van der Waals surface area contributed by atoms with Crippen LogP contribution in [0.2, 0.25) is 0 Å². The van der Waals surface area contributed by atoms with Gasteiger partial charge < -0.3 is 39.9 Å². The van der Waals surface area contributed by atoms with Crippen molar-refractivity contribution < 1.29 is 63.1 Å². The van der Waals surface area contributed by atoms with Crippen molar-refractivity contribution in [2.75, 3.05) is 13.2 Å². The van der Waals surface area contributed by atoms with Gasteiger partial charge >= 0.3 is 19.8 Å². The zero-order chi connectivity index (χ0) is 41.4. The highest BCUT2D eigenvalue weighted by molar-refractivity contribution is 7.47. The summed E-state index contributed by atoms with van der Waals surface area (Å²) in [7, 11) is -5.11. The summed E-state index contributed by atoms with van der Waals surface area (Å²) in [5.41, 5.74) is 0. The Labute approximate surface area is 336 Å². The van der Waals surface area contributed by atoms with E-state index in [1.165, 1.54) is 64.2 Å². The standard InChI is InChI=1S/C42H77O13P/c1-3-5-7-9-11-13-15-17-19-20-22-24-26-28-30-35(43)52-32-34(33-53-56(50,51)55-42-40(48)38(46)37(45)39(47)41(42)49)54-36(44)31-29-27-25-23-21-18-16-14-12-10-8-6-4-2/h9,11,15,17,34,37-42,45-49H,3-8,10,12-14,16,18-33H2,1-2H3,(H,50,51)/b11-9+,17-15+/t34-,37?,38-,39?,40?,41?,42?/m0/s1. The van der Waals surface area contributed by atoms with Gasteiger partial charge in [0.05, 0.1) is 6.61 Å². The van der Waals surface area contributed by atoms with Crippen molar-refractivity contribution in [1.29, 1.82) is 0 Å². The molecule has 14 heteroatoms. The first kappa shape index (κ1) is 52.3. The number of rotatable bonds is 35. The van der Waals surface area contributed by atoms with Gasteiger partial charge in [0.2, 0.25) is 0 Å². The van der Waals surface area contributed by atoms with Crippen LogP contribution >= 0.6 is 7.82 Å². The van der Waals surface area contributed by atoms with Gasteiger partial charge in [-0.3, -0.25) is 18.6 Å². The summed E-state index contributed by atoms with van der Waals surface area (Å²) in [6.45, 7) is 3.23. The third kappa shape index (κ3) is 25.6. The number of ether oxygens (including phenoxy) is 2. The second kappa shape index (κ2) is 33.2. The van der Waals surface area contributed by atoms with Gasteiger partial charge in [-0.2, -0.15) is 0 Å². The molecule has 13 nitrogen and oxygen atoms in total. The average molecular weight is 821 g/mol. The van der Waals surface area contributed by atoms with Crippen LogP contribution in [0.5, 0.6) is 0 Å². The molecule has 1 fully saturated rings. The van der Waals surface area contributed by atoms with E-state index in [4.69, 9.17) is 18.5 Å². The molecule has 0 aromatic carbocycles. The molecule has 0 aliphatic heterocycles. The molecule has 6 unspecified atom stereocenters. The maximum atomic E-state index is 12.8. The third-order valence-electron chi connectivity index (χ3n) is 10.0. The largest absolute Gasteiger partial charge is 0.472 e. The highest BCUT2D eigenvalue weighted by Gasteiger charge is 2.51. The van der Waals surface area contributed by atoms with E-state index in [1.54, 1.807) is 0 Å². The minimum absolute atomic E-state index is 0.0972. The average Bonchev–Trinajstić information content (AvgIpc) is 3.18. The number of allylic oxidation sites excluding steroid dienone is 4. The summed E-state index contributed by atoms with van der Waals surface area (Å²) in [6, 6.07) is 0. The van der Waals surface area contributed by atoms with Gasteiger partial charge in [0.25, 0.3) is 0 Å². The number of aliphatic hydroxyl groups is 5. The molecule has 0 aromatic heterocycles. The highest BCUT2D eigenvalue weighted by Crippen LogP contribution is 2.47. The van der Waals surface area contributed by atoms with E-state index in [1.807, 2.05) is 0 Å². The quantitative estimate of drug-likeness (QED) is 0.0157. The lowest BCUT2D eigenvalue weighted by Crippen LogP contribution is -2.64. The maximum Gasteiger partial charge on any atom is 0.472 e. The summed E-state index contributed by atoms with van der Waals surface area (Å²) in [6.07, 6.45) is 20.9. The number of carbonyl (C=O) groups excluding carboxylic acids is 2. The molecule has 0 bridgehead atoms. The molecule has 1 rings (SSSR count). The predicted molar refractivity (Wildman–Crippen MR) is 217 cm³/mol. The molecule has 0 aromatic rings. The lowest BCUT2D eigenvalue weighted by Gasteiger charge is -2.41. The SMILES string of the molecule is CCCC/C=C/C/C=C/CCCCCCCC(=O)OC[C@@H](COP(=O)(O)OC1C(O)C(O)C(O)[C@H](O)C1O)OC(=O)CCCCCCCCCCCCCCC. The zero-order valence-corrected chi connectivity index (χ0v) is 35.3. The number of esters is 2. The first-order chi connectivity index (χ1) is 26.9. The molecule has 0 heterocycles. The van der Waals surface area contributed by atoms with Crippen molar-refractivity contribution in [1.82, 2.24) is 0 Å². The number of phosphoric acid groups is 1. The fourth-order valence-electron chi connectivity index (χ4n) is 6.48. The molecular weight excluding hydrogens is 743 g/mol. The van der Waals surface area contributed by atoms with Crippen molar-refractivity contribution in [2.45, 2.75) is 217 Å². The lowest BCUT2D eigenvalue weighted by molar-refractivity contribution is -0.220. The van der Waals surface area contributed by atoms with E-state index in [9.17, 15) is 44.6 Å². The van der Waals surface area contributed by atoms with Crippen LogP contribution in [0.15, 0.2) is 24.3 Å². The molecule has 1 saturated carbocycles. The molecule has 0 radical (unpaired) electrons. The zero-order valence-electron chi connectivity index (χ0n) is 34.4. The second-order valence-corrected chi connectivity index (χ2v) is 16.6. The second-order valence-electron chi connectivity index (χ2n) is 15.2. The van der Waals surface area contributed by atoms with E-state index in [0.717, 1.165) is 70.6 Å². The molecule has 328 valence electrons. The molecule has 56 heavy (non-hydrogen) atoms. The Balaban J connectivity index is 2.50. The van der Waals surface area contributed by atoms with Crippen LogP contribution in [0.3, 0.4) is 0 Å². The van der Waals surface area contributed by atoms with E-state index in [2.05, 4.69) is 38.2 Å². The molecule has 1 aliphatic rings. The summed E-state index contributed by atoms with van der Waals surface area (Å²) < 4.78 is 33.4. The van der Waals surface area contributed by atoms with Gasteiger partial charge in [-0.05, 0) is 38.5 Å². The van der Waals surface area contributed by atoms with E-state index in [-0.39, 0.29) is 12.8 Å². The Morgan fingerprint density at radius 3 is 1.50 bits per heavy atom. The fourth-order valence-corrected chi connectivity index (χ4v) is 7.45. The van der Waals surface area contributed by atoms with Crippen molar-refractivity contribution in [2.24, 2.45) is 0 Å². The van der Waals surface area contributed by atoms with Gasteiger partial charge in [-0.1, -0.05) is 147 Å². The van der Waals surface area contributed by atoms with Crippen LogP contribution in [-0.2, 0) is 32.7 Å². The number of phosphoric ester groups is 1. The number of hydrogen-bond donors (Lipinski definition) is 6. The molecule has 1 aliphatic carbocycles. The molecule has 0 spiro atoms. The number of hydrogen-bond acceptors (Lipinski definition) is 12. The van der Waals surface area contributed by atoms with E-state index < -0.39 is 75.7 Å². The first-order valence-corrected chi connectivity index (χ1v) is 23.1. The van der Waals surface area contributed by atoms with Gasteiger partial charge in [-0.15, -0.1) is 0 Å². The molecule has 0 amide bonds. The van der Waals surface area contributed by atoms with Crippen LogP contribution in [0, 0.1) is 0 Å². The molecule has 0 saturated heterocycles. The Kier molecular flexibility index (Phi) is 31.0. The number of unbranched alkanes of at least 4 members (excludes halogenated alkanes) is 19. The Morgan fingerprint density at radius 1 is 0.554 bits per heavy atom. The van der Waals surface area contributed by atoms with Gasteiger partial charge in [0.1, 0.15) is 43.2 Å². The van der Waals surface area contributed by atoms with Crippen molar-refractivity contribution in [3.63, 3.8) is 0 Å². The number of carbonyl (C=O) groups is 2. The van der Waals surface area contributed by atoms with Crippen LogP contribution in [0.4, 0.5) is 0 Å². The lowest BCUT2D eigenvalue weighted by atomic mass is 9.85. The van der Waals surface area contributed by atoms with E-state index in [0.29, 0.717) is 12.8 Å². The molecular formula is C42H77O13P. The van der Waals surface area contributed by atoms with Crippen LogP contribution in [0.25, 0.3) is 0 Å². The van der Waals surface area contributed by atoms with Crippen molar-refractivity contribution >= 4 is 19.8 Å². The molecule has 8 atom stereocenters. The van der Waals surface area contributed by atoms with Crippen molar-refractivity contribution in [3.05, 3.63) is 24.3 Å². The predicted octanol–water partition coefficient (Wildman–Crippen LogP) is 7.67. The van der Waals surface area contributed by atoms with Gasteiger partial charge in [0, 0.05) is 12.8 Å². The minimum Gasteiger partial charge on any atom is -0.462 e. The van der Waals surface area contributed by atoms with Crippen LogP contribution in [0.1, 0.15) is 174 Å². The molecule has 6 N–H and O–H groups in total. The van der Waals surface area contributed by atoms with Crippen LogP contribution in [-0.4, -0.2) is 98.3 Å². The highest BCUT2D eigenvalue weighted by atomic mass is 31.2. The number of aliphatic hydroxyl groups excluding tert-OH is 5. The first-order valence-electron chi connectivity index (χ1n) is 21.6. The summed E-state index contributed by atoms with van der Waals surface area (Å²) in [5, 5.41) is 50.0. The normalized spacial score (nSPS) is 23.1. The Bertz CT molecular complexity index is 1090. The Morgan fingerprint density at radius 2 is 0.982 bits per heavy atom. The van der Waals surface area contributed by atoms with Gasteiger partial charge in [-0.25, -0.2) is 4.57 Å².